The predicted octanol–water partition coefficient (Wildman–Crippen LogP) is 4.45. The minimum Gasteiger partial charge on any atom is -0.288 e. The molecular formula is C23H20N4O. The van der Waals surface area contributed by atoms with Crippen molar-refractivity contribution in [2.45, 2.75) is 6.54 Å². The Morgan fingerprint density at radius 3 is 2.07 bits per heavy atom. The number of nitrogens with one attached hydrogen (secondary N) is 2. The van der Waals surface area contributed by atoms with Crippen LogP contribution < -0.4 is 10.9 Å². The molecule has 0 saturated carbocycles. The van der Waals surface area contributed by atoms with E-state index in [0.29, 0.717) is 6.54 Å². The van der Waals surface area contributed by atoms with E-state index in [0.717, 1.165) is 32.7 Å². The van der Waals surface area contributed by atoms with Gasteiger partial charge in [-0.25, -0.2) is 15.9 Å². The predicted molar refractivity (Wildman–Crippen MR) is 115 cm³/mol. The highest BCUT2D eigenvalue weighted by Crippen LogP contribution is 2.27. The van der Waals surface area contributed by atoms with Crippen molar-refractivity contribution < 1.29 is 5.21 Å². The molecule has 0 radical (unpaired) electrons. The summed E-state index contributed by atoms with van der Waals surface area (Å²) < 4.78 is 0. The highest BCUT2D eigenvalue weighted by Gasteiger charge is 2.05. The molecule has 0 spiro atoms. The topological polar surface area (TPSA) is 69.0 Å². The summed E-state index contributed by atoms with van der Waals surface area (Å²) in [5, 5.41) is 18.2. The molecule has 5 nitrogen and oxygen atoms in total. The van der Waals surface area contributed by atoms with Gasteiger partial charge in [-0.1, -0.05) is 78.9 Å². The minimum atomic E-state index is 0.185. The number of hydrazone groups is 1. The van der Waals surface area contributed by atoms with E-state index in [1.807, 2.05) is 54.6 Å². The lowest BCUT2D eigenvalue weighted by molar-refractivity contribution is 0.229. The van der Waals surface area contributed by atoms with Crippen molar-refractivity contribution in [3.05, 3.63) is 96.1 Å². The average molecular weight is 368 g/mol. The number of rotatable bonds is 4. The first-order valence-electron chi connectivity index (χ1n) is 9.03. The first-order valence-corrected chi connectivity index (χ1v) is 9.03. The second kappa shape index (κ2) is 8.33. The van der Waals surface area contributed by atoms with Crippen LogP contribution in [0.1, 0.15) is 11.1 Å². The fraction of sp³-hybridized carbons (Fsp3) is 0.0435. The fourth-order valence-electron chi connectivity index (χ4n) is 3.20. The number of hydroxylamine groups is 1. The van der Waals surface area contributed by atoms with Gasteiger partial charge in [0.25, 0.3) is 0 Å². The van der Waals surface area contributed by atoms with Crippen LogP contribution in [0, 0.1) is 0 Å². The molecule has 4 aromatic carbocycles. The summed E-state index contributed by atoms with van der Waals surface area (Å²) in [6.07, 6.45) is 1.76. The van der Waals surface area contributed by atoms with Gasteiger partial charge in [0.15, 0.2) is 0 Å². The highest BCUT2D eigenvalue weighted by molar-refractivity contribution is 6.13. The van der Waals surface area contributed by atoms with Gasteiger partial charge in [-0.05, 0) is 33.2 Å². The van der Waals surface area contributed by atoms with E-state index < -0.39 is 0 Å². The number of hydrogen-bond donors (Lipinski definition) is 3. The van der Waals surface area contributed by atoms with E-state index in [4.69, 9.17) is 0 Å². The van der Waals surface area contributed by atoms with Gasteiger partial charge < -0.3 is 0 Å². The summed E-state index contributed by atoms with van der Waals surface area (Å²) >= 11 is 0. The lowest BCUT2D eigenvalue weighted by Gasteiger charge is -2.08. The Balaban J connectivity index is 1.62. The van der Waals surface area contributed by atoms with Crippen LogP contribution in [-0.2, 0) is 6.54 Å². The van der Waals surface area contributed by atoms with Crippen molar-refractivity contribution >= 4 is 33.7 Å². The van der Waals surface area contributed by atoms with Gasteiger partial charge in [-0.3, -0.25) is 5.21 Å². The van der Waals surface area contributed by atoms with Gasteiger partial charge >= 0.3 is 0 Å². The van der Waals surface area contributed by atoms with Gasteiger partial charge in [0.1, 0.15) is 0 Å². The van der Waals surface area contributed by atoms with Crippen LogP contribution in [0.4, 0.5) is 0 Å². The Bertz CT molecular complexity index is 1100. The van der Waals surface area contributed by atoms with Crippen LogP contribution in [0.25, 0.3) is 21.5 Å². The van der Waals surface area contributed by atoms with E-state index in [-0.39, 0.29) is 5.96 Å². The largest absolute Gasteiger partial charge is 0.288 e. The molecule has 0 aliphatic heterocycles. The first kappa shape index (κ1) is 17.7. The number of benzene rings is 4. The maximum atomic E-state index is 9.33. The van der Waals surface area contributed by atoms with Crippen LogP contribution in [-0.4, -0.2) is 17.4 Å². The monoisotopic (exact) mass is 368 g/mol. The van der Waals surface area contributed by atoms with Gasteiger partial charge in [-0.15, -0.1) is 0 Å². The Labute approximate surface area is 163 Å². The van der Waals surface area contributed by atoms with Crippen LogP contribution in [0.15, 0.2) is 95.0 Å². The van der Waals surface area contributed by atoms with Crippen molar-refractivity contribution in [1.82, 2.24) is 10.9 Å². The third-order valence-corrected chi connectivity index (χ3v) is 4.55. The van der Waals surface area contributed by atoms with Crippen LogP contribution in [0.5, 0.6) is 0 Å². The van der Waals surface area contributed by atoms with E-state index >= 15 is 0 Å². The molecule has 4 rings (SSSR count). The van der Waals surface area contributed by atoms with Gasteiger partial charge in [0.05, 0.1) is 12.8 Å². The minimum absolute atomic E-state index is 0.185. The molecular weight excluding hydrogens is 348 g/mol. The lowest BCUT2D eigenvalue weighted by atomic mass is 9.97. The SMILES string of the molecule is ONC(=NCc1ccccc1)N/N=C/c1c2ccccc2cc2ccccc12. The number of nitrogens with zero attached hydrogens (tertiary/aromatic N) is 2. The zero-order valence-corrected chi connectivity index (χ0v) is 15.2. The summed E-state index contributed by atoms with van der Waals surface area (Å²) in [5.41, 5.74) is 6.89. The maximum Gasteiger partial charge on any atom is 0.236 e. The van der Waals surface area contributed by atoms with E-state index in [9.17, 15) is 5.21 Å². The second-order valence-electron chi connectivity index (χ2n) is 6.36. The summed E-state index contributed by atoms with van der Waals surface area (Å²) in [6, 6.07) is 28.4. The fourth-order valence-corrected chi connectivity index (χ4v) is 3.20. The van der Waals surface area contributed by atoms with Crippen molar-refractivity contribution in [1.29, 1.82) is 0 Å². The standard InChI is InChI=1S/C23H20N4O/c28-27-23(24-15-17-8-2-1-3-9-17)26-25-16-22-20-12-6-4-10-18(20)14-19-11-5-7-13-21(19)22/h1-14,16,28H,15H2,(H2,24,26,27)/b25-16+. The lowest BCUT2D eigenvalue weighted by Crippen LogP contribution is -2.31. The molecule has 3 N–H and O–H groups in total. The van der Waals surface area contributed by atoms with Crippen LogP contribution in [0.2, 0.25) is 0 Å². The molecule has 0 heterocycles. The molecule has 4 aromatic rings. The smallest absolute Gasteiger partial charge is 0.236 e. The molecule has 0 unspecified atom stereocenters. The van der Waals surface area contributed by atoms with E-state index in [1.165, 1.54) is 0 Å². The summed E-state index contributed by atoms with van der Waals surface area (Å²) in [6.45, 7) is 0.434. The molecule has 5 heteroatoms. The summed E-state index contributed by atoms with van der Waals surface area (Å²) in [5.74, 6) is 0.185. The molecule has 0 aromatic heterocycles. The zero-order chi connectivity index (χ0) is 19.2. The molecule has 0 aliphatic carbocycles. The van der Waals surface area contributed by atoms with Gasteiger partial charge in [0, 0.05) is 5.56 Å². The summed E-state index contributed by atoms with van der Waals surface area (Å²) in [7, 11) is 0. The molecule has 28 heavy (non-hydrogen) atoms. The Morgan fingerprint density at radius 1 is 0.821 bits per heavy atom. The van der Waals surface area contributed by atoms with E-state index in [1.54, 1.807) is 6.21 Å². The molecule has 0 aliphatic rings. The maximum absolute atomic E-state index is 9.33. The number of fused-ring (bicyclic) bond motifs is 2. The molecule has 138 valence electrons. The molecule has 0 amide bonds. The molecule has 0 fully saturated rings. The number of hydrogen-bond acceptors (Lipinski definition) is 3. The Hall–Kier alpha value is -3.70. The normalized spacial score (nSPS) is 12.0. The first-order chi connectivity index (χ1) is 13.8. The third-order valence-electron chi connectivity index (χ3n) is 4.55. The molecule has 0 atom stereocenters. The summed E-state index contributed by atoms with van der Waals surface area (Å²) in [4.78, 5) is 4.30. The highest BCUT2D eigenvalue weighted by atomic mass is 16.5. The molecule has 0 bridgehead atoms. The number of aliphatic imine (C=N–C) groups is 1. The average Bonchev–Trinajstić information content (AvgIpc) is 2.76. The zero-order valence-electron chi connectivity index (χ0n) is 15.2. The van der Waals surface area contributed by atoms with Gasteiger partial charge in [-0.2, -0.15) is 5.10 Å². The van der Waals surface area contributed by atoms with Crippen molar-refractivity contribution in [2.75, 3.05) is 0 Å². The van der Waals surface area contributed by atoms with Crippen molar-refractivity contribution in [3.8, 4) is 0 Å². The van der Waals surface area contributed by atoms with E-state index in [2.05, 4.69) is 51.3 Å². The quantitative estimate of drug-likeness (QED) is 0.216. The number of guanidine groups is 1. The second-order valence-corrected chi connectivity index (χ2v) is 6.36. The Kier molecular flexibility index (Phi) is 5.26. The third kappa shape index (κ3) is 3.84. The molecule has 0 saturated heterocycles. The van der Waals surface area contributed by atoms with Crippen LogP contribution in [0.3, 0.4) is 0 Å². The Morgan fingerprint density at radius 2 is 1.43 bits per heavy atom. The van der Waals surface area contributed by atoms with Gasteiger partial charge in [0.2, 0.25) is 5.96 Å². The van der Waals surface area contributed by atoms with Crippen molar-refractivity contribution in [2.24, 2.45) is 10.1 Å². The van der Waals surface area contributed by atoms with Crippen molar-refractivity contribution in [3.63, 3.8) is 0 Å². The van der Waals surface area contributed by atoms with Crippen LogP contribution >= 0.6 is 0 Å².